The molecular formula is C53H93O12P. The summed E-state index contributed by atoms with van der Waals surface area (Å²) in [4.78, 5) is 23.2. The Hall–Kier alpha value is -2.22. The number of unbranched alkanes of at least 4 members (excludes halogenated alkanes) is 19. The first-order valence-electron chi connectivity index (χ1n) is 25.8. The number of carbonyl (C=O) groups excluding carboxylic acids is 1. The molecule has 6 atom stereocenters. The molecule has 382 valence electrons. The van der Waals surface area contributed by atoms with Gasteiger partial charge in [0.05, 0.1) is 13.2 Å². The summed E-state index contributed by atoms with van der Waals surface area (Å²) >= 11 is 0. The highest BCUT2D eigenvalue weighted by Crippen LogP contribution is 2.47. The SMILES string of the molecule is CC/C=C\C/C=C\C/C=C\CCCCCCCCCC(=O)OC(COCCCCCCCCC/C=C\C/C=C\C/C=C\CCCCCCC)COP(=O)(O)OC1C(O)C(O)C(O)C(O)C1O. The Balaban J connectivity index is 2.36. The van der Waals surface area contributed by atoms with Crippen molar-refractivity contribution in [2.75, 3.05) is 19.8 Å². The van der Waals surface area contributed by atoms with Gasteiger partial charge in [0.15, 0.2) is 0 Å². The van der Waals surface area contributed by atoms with Crippen LogP contribution in [0.5, 0.6) is 0 Å². The van der Waals surface area contributed by atoms with Crippen molar-refractivity contribution in [3.05, 3.63) is 72.9 Å². The van der Waals surface area contributed by atoms with Gasteiger partial charge in [0.25, 0.3) is 0 Å². The van der Waals surface area contributed by atoms with Crippen molar-refractivity contribution in [3.63, 3.8) is 0 Å². The maximum Gasteiger partial charge on any atom is 0.472 e. The van der Waals surface area contributed by atoms with Crippen LogP contribution in [-0.2, 0) is 27.9 Å². The average Bonchev–Trinajstić information content (AvgIpc) is 3.30. The Labute approximate surface area is 400 Å². The fourth-order valence-corrected chi connectivity index (χ4v) is 8.47. The van der Waals surface area contributed by atoms with E-state index in [4.69, 9.17) is 18.5 Å². The number of phosphoric acid groups is 1. The lowest BCUT2D eigenvalue weighted by molar-refractivity contribution is -0.220. The van der Waals surface area contributed by atoms with E-state index >= 15 is 0 Å². The predicted molar refractivity (Wildman–Crippen MR) is 267 cm³/mol. The largest absolute Gasteiger partial charge is 0.472 e. The van der Waals surface area contributed by atoms with Gasteiger partial charge < -0.3 is 39.9 Å². The van der Waals surface area contributed by atoms with E-state index in [1.54, 1.807) is 0 Å². The summed E-state index contributed by atoms with van der Waals surface area (Å²) in [5.41, 5.74) is 0. The molecule has 1 aliphatic rings. The van der Waals surface area contributed by atoms with E-state index in [-0.39, 0.29) is 13.0 Å². The van der Waals surface area contributed by atoms with E-state index in [2.05, 4.69) is 86.8 Å². The molecule has 0 spiro atoms. The standard InChI is InChI=1S/C53H93O12P/c1-3-5-7-9-11-13-15-17-19-21-22-23-24-25-27-29-31-33-35-37-39-41-43-62-44-46(45-63-66(60,61)65-53-51(58)49(56)48(55)50(57)52(53)59)64-47(54)42-40-38-36-34-32-30-28-26-20-18-16-14-12-10-8-6-4-2/h6,8,12,14-15,17-18,20-22,24-25,46,48-53,55-59H,3-5,7,9-11,13,16,19,23,26-45H2,1-2H3,(H,60,61)/b8-6-,14-12-,17-15-,20-18-,22-21-,25-24-. The molecule has 0 aliphatic heterocycles. The van der Waals surface area contributed by atoms with Crippen LogP contribution in [0.4, 0.5) is 0 Å². The number of phosphoric ester groups is 1. The molecule has 0 amide bonds. The van der Waals surface area contributed by atoms with Crippen LogP contribution in [0.3, 0.4) is 0 Å². The van der Waals surface area contributed by atoms with Crippen LogP contribution in [-0.4, -0.2) is 98.9 Å². The fraction of sp³-hybridized carbons (Fsp3) is 0.755. The maximum atomic E-state index is 12.9. The van der Waals surface area contributed by atoms with Crippen LogP contribution in [0.1, 0.15) is 194 Å². The lowest BCUT2D eigenvalue weighted by Crippen LogP contribution is -2.64. The van der Waals surface area contributed by atoms with E-state index in [0.717, 1.165) is 103 Å². The third kappa shape index (κ3) is 34.1. The third-order valence-corrected chi connectivity index (χ3v) is 12.5. The van der Waals surface area contributed by atoms with Gasteiger partial charge in [-0.05, 0) is 83.5 Å². The summed E-state index contributed by atoms with van der Waals surface area (Å²) < 4.78 is 34.3. The minimum Gasteiger partial charge on any atom is -0.457 e. The van der Waals surface area contributed by atoms with Gasteiger partial charge in [-0.2, -0.15) is 0 Å². The van der Waals surface area contributed by atoms with Crippen molar-refractivity contribution in [1.82, 2.24) is 0 Å². The number of hydrogen-bond acceptors (Lipinski definition) is 11. The number of esters is 1. The monoisotopic (exact) mass is 953 g/mol. The highest BCUT2D eigenvalue weighted by molar-refractivity contribution is 7.47. The second-order valence-electron chi connectivity index (χ2n) is 17.6. The second kappa shape index (κ2) is 42.8. The zero-order valence-corrected chi connectivity index (χ0v) is 41.9. The van der Waals surface area contributed by atoms with Gasteiger partial charge in [-0.3, -0.25) is 13.8 Å². The minimum atomic E-state index is -5.03. The molecule has 1 saturated carbocycles. The van der Waals surface area contributed by atoms with Gasteiger partial charge in [0.2, 0.25) is 0 Å². The van der Waals surface area contributed by atoms with Crippen LogP contribution < -0.4 is 0 Å². The molecule has 6 N–H and O–H groups in total. The highest BCUT2D eigenvalue weighted by Gasteiger charge is 2.51. The predicted octanol–water partition coefficient (Wildman–Crippen LogP) is 11.5. The van der Waals surface area contributed by atoms with Crippen molar-refractivity contribution >= 4 is 13.8 Å². The maximum absolute atomic E-state index is 12.9. The molecule has 0 heterocycles. The van der Waals surface area contributed by atoms with Gasteiger partial charge >= 0.3 is 13.8 Å². The first-order valence-corrected chi connectivity index (χ1v) is 27.3. The lowest BCUT2D eigenvalue weighted by Gasteiger charge is -2.41. The third-order valence-electron chi connectivity index (χ3n) is 11.6. The molecule has 12 nitrogen and oxygen atoms in total. The smallest absolute Gasteiger partial charge is 0.457 e. The number of aliphatic hydroxyl groups is 5. The second-order valence-corrected chi connectivity index (χ2v) is 19.0. The summed E-state index contributed by atoms with van der Waals surface area (Å²) in [5.74, 6) is -0.493. The van der Waals surface area contributed by atoms with Gasteiger partial charge in [0.1, 0.15) is 42.7 Å². The van der Waals surface area contributed by atoms with Crippen LogP contribution in [0.25, 0.3) is 0 Å². The summed E-state index contributed by atoms with van der Waals surface area (Å²) in [7, 11) is -5.03. The zero-order valence-electron chi connectivity index (χ0n) is 41.0. The van der Waals surface area contributed by atoms with E-state index in [1.807, 2.05) is 0 Å². The van der Waals surface area contributed by atoms with Crippen molar-refractivity contribution in [2.24, 2.45) is 0 Å². The Morgan fingerprint density at radius 3 is 1.36 bits per heavy atom. The molecular weight excluding hydrogens is 860 g/mol. The van der Waals surface area contributed by atoms with Gasteiger partial charge in [-0.25, -0.2) is 4.57 Å². The molecule has 66 heavy (non-hydrogen) atoms. The molecule has 6 unspecified atom stereocenters. The van der Waals surface area contributed by atoms with Crippen LogP contribution in [0.2, 0.25) is 0 Å². The van der Waals surface area contributed by atoms with Gasteiger partial charge in [-0.15, -0.1) is 0 Å². The number of allylic oxidation sites excluding steroid dienone is 12. The fourth-order valence-electron chi connectivity index (χ4n) is 7.49. The van der Waals surface area contributed by atoms with E-state index in [1.165, 1.54) is 64.2 Å². The van der Waals surface area contributed by atoms with Crippen LogP contribution in [0.15, 0.2) is 72.9 Å². The quantitative estimate of drug-likeness (QED) is 0.0147. The molecule has 0 saturated heterocycles. The molecule has 0 aromatic carbocycles. The number of carbonyl (C=O) groups is 1. The molecule has 1 fully saturated rings. The van der Waals surface area contributed by atoms with Crippen molar-refractivity contribution < 1.29 is 58.3 Å². The molecule has 1 rings (SSSR count). The molecule has 0 bridgehead atoms. The van der Waals surface area contributed by atoms with Crippen molar-refractivity contribution in [3.8, 4) is 0 Å². The first kappa shape index (κ1) is 61.8. The Morgan fingerprint density at radius 2 is 0.894 bits per heavy atom. The summed E-state index contributed by atoms with van der Waals surface area (Å²) in [6, 6.07) is 0. The van der Waals surface area contributed by atoms with Crippen molar-refractivity contribution in [2.45, 2.75) is 236 Å². The Morgan fingerprint density at radius 1 is 0.500 bits per heavy atom. The van der Waals surface area contributed by atoms with E-state index in [9.17, 15) is 39.8 Å². The number of ether oxygens (including phenoxy) is 2. The zero-order chi connectivity index (χ0) is 48.4. The number of hydrogen-bond donors (Lipinski definition) is 6. The molecule has 13 heteroatoms. The van der Waals surface area contributed by atoms with E-state index < -0.39 is 63.1 Å². The van der Waals surface area contributed by atoms with Crippen LogP contribution >= 0.6 is 7.82 Å². The highest BCUT2D eigenvalue weighted by atomic mass is 31.2. The normalized spacial score (nSPS) is 22.0. The molecule has 0 aromatic heterocycles. The van der Waals surface area contributed by atoms with Gasteiger partial charge in [0, 0.05) is 13.0 Å². The summed E-state index contributed by atoms with van der Waals surface area (Å²) in [6.45, 7) is 4.11. The summed E-state index contributed by atoms with van der Waals surface area (Å²) in [6.07, 6.45) is 43.9. The topological polar surface area (TPSA) is 192 Å². The molecule has 0 aromatic rings. The Bertz CT molecular complexity index is 1360. The number of aliphatic hydroxyl groups excluding tert-OH is 5. The Kier molecular flexibility index (Phi) is 40.1. The number of rotatable bonds is 43. The first-order chi connectivity index (χ1) is 32.0. The van der Waals surface area contributed by atoms with E-state index in [0.29, 0.717) is 13.0 Å². The molecule has 1 aliphatic carbocycles. The molecule has 0 radical (unpaired) electrons. The van der Waals surface area contributed by atoms with Crippen molar-refractivity contribution in [1.29, 1.82) is 0 Å². The van der Waals surface area contributed by atoms with Crippen LogP contribution in [0, 0.1) is 0 Å². The minimum absolute atomic E-state index is 0.0911. The average molecular weight is 953 g/mol. The lowest BCUT2D eigenvalue weighted by atomic mass is 9.85. The summed E-state index contributed by atoms with van der Waals surface area (Å²) in [5, 5.41) is 50.3. The van der Waals surface area contributed by atoms with Gasteiger partial charge in [-0.1, -0.05) is 177 Å².